The SMILES string of the molecule is CN1CCCCC1CC(C)(C)CN. The van der Waals surface area contributed by atoms with E-state index < -0.39 is 0 Å². The maximum absolute atomic E-state index is 5.75. The zero-order chi connectivity index (χ0) is 9.90. The molecular formula is C11H24N2. The molecule has 0 spiro atoms. The van der Waals surface area contributed by atoms with E-state index in [1.165, 1.54) is 32.2 Å². The molecule has 1 atom stereocenters. The van der Waals surface area contributed by atoms with Crippen LogP contribution in [0.1, 0.15) is 39.5 Å². The smallest absolute Gasteiger partial charge is 0.00977 e. The van der Waals surface area contributed by atoms with Crippen LogP contribution < -0.4 is 5.73 Å². The molecular weight excluding hydrogens is 160 g/mol. The van der Waals surface area contributed by atoms with E-state index in [-0.39, 0.29) is 0 Å². The summed E-state index contributed by atoms with van der Waals surface area (Å²) in [6.07, 6.45) is 5.38. The lowest BCUT2D eigenvalue weighted by Crippen LogP contribution is -2.40. The van der Waals surface area contributed by atoms with Crippen LogP contribution in [0.15, 0.2) is 0 Å². The first-order chi connectivity index (χ1) is 6.05. The van der Waals surface area contributed by atoms with E-state index in [9.17, 15) is 0 Å². The largest absolute Gasteiger partial charge is 0.330 e. The van der Waals surface area contributed by atoms with Crippen LogP contribution in [0.2, 0.25) is 0 Å². The van der Waals surface area contributed by atoms with Crippen molar-refractivity contribution >= 4 is 0 Å². The second-order valence-corrected chi connectivity index (χ2v) is 5.20. The molecule has 0 radical (unpaired) electrons. The molecule has 0 aliphatic carbocycles. The van der Waals surface area contributed by atoms with E-state index in [1.807, 2.05) is 0 Å². The van der Waals surface area contributed by atoms with Gasteiger partial charge in [0.2, 0.25) is 0 Å². The van der Waals surface area contributed by atoms with Crippen molar-refractivity contribution in [1.82, 2.24) is 4.90 Å². The summed E-state index contributed by atoms with van der Waals surface area (Å²) in [4.78, 5) is 2.50. The Morgan fingerprint density at radius 2 is 2.08 bits per heavy atom. The number of piperidine rings is 1. The van der Waals surface area contributed by atoms with Gasteiger partial charge in [0.15, 0.2) is 0 Å². The van der Waals surface area contributed by atoms with Crippen LogP contribution in [0.5, 0.6) is 0 Å². The lowest BCUT2D eigenvalue weighted by Gasteiger charge is -2.37. The minimum Gasteiger partial charge on any atom is -0.330 e. The van der Waals surface area contributed by atoms with Gasteiger partial charge in [0.25, 0.3) is 0 Å². The van der Waals surface area contributed by atoms with Gasteiger partial charge in [-0.05, 0) is 44.8 Å². The van der Waals surface area contributed by atoms with Gasteiger partial charge in [-0.25, -0.2) is 0 Å². The molecule has 0 aromatic carbocycles. The molecule has 1 fully saturated rings. The van der Waals surface area contributed by atoms with Crippen molar-refractivity contribution < 1.29 is 0 Å². The molecule has 1 saturated heterocycles. The third kappa shape index (κ3) is 3.28. The highest BCUT2D eigenvalue weighted by Crippen LogP contribution is 2.27. The van der Waals surface area contributed by atoms with Gasteiger partial charge in [0.05, 0.1) is 0 Å². The fourth-order valence-electron chi connectivity index (χ4n) is 2.12. The van der Waals surface area contributed by atoms with Crippen molar-refractivity contribution in [1.29, 1.82) is 0 Å². The Bertz CT molecular complexity index is 154. The average molecular weight is 184 g/mol. The van der Waals surface area contributed by atoms with Gasteiger partial charge < -0.3 is 10.6 Å². The zero-order valence-corrected chi connectivity index (χ0v) is 9.34. The van der Waals surface area contributed by atoms with Crippen LogP contribution in [-0.4, -0.2) is 31.1 Å². The third-order valence-electron chi connectivity index (χ3n) is 3.26. The fraction of sp³-hybridized carbons (Fsp3) is 1.00. The van der Waals surface area contributed by atoms with E-state index in [0.29, 0.717) is 5.41 Å². The number of hydrogen-bond donors (Lipinski definition) is 1. The van der Waals surface area contributed by atoms with E-state index in [0.717, 1.165) is 12.6 Å². The molecule has 1 heterocycles. The van der Waals surface area contributed by atoms with Crippen molar-refractivity contribution in [2.24, 2.45) is 11.1 Å². The quantitative estimate of drug-likeness (QED) is 0.725. The average Bonchev–Trinajstić information content (AvgIpc) is 2.09. The summed E-state index contributed by atoms with van der Waals surface area (Å²) in [5.74, 6) is 0. The Hall–Kier alpha value is -0.0800. The Balaban J connectivity index is 2.42. The molecule has 1 unspecified atom stereocenters. The Labute approximate surface area is 82.5 Å². The first-order valence-corrected chi connectivity index (χ1v) is 5.45. The Morgan fingerprint density at radius 3 is 2.62 bits per heavy atom. The summed E-state index contributed by atoms with van der Waals surface area (Å²) in [6.45, 7) is 6.62. The van der Waals surface area contributed by atoms with Crippen LogP contribution >= 0.6 is 0 Å². The van der Waals surface area contributed by atoms with E-state index in [1.54, 1.807) is 0 Å². The first kappa shape index (κ1) is 11.0. The standard InChI is InChI=1S/C11H24N2/c1-11(2,9-12)8-10-6-4-5-7-13(10)3/h10H,4-9,12H2,1-3H3. The van der Waals surface area contributed by atoms with Gasteiger partial charge in [-0.15, -0.1) is 0 Å². The molecule has 0 aromatic rings. The second-order valence-electron chi connectivity index (χ2n) is 5.20. The van der Waals surface area contributed by atoms with Gasteiger partial charge in [-0.3, -0.25) is 0 Å². The number of hydrogen-bond acceptors (Lipinski definition) is 2. The Morgan fingerprint density at radius 1 is 1.38 bits per heavy atom. The van der Waals surface area contributed by atoms with Crippen molar-refractivity contribution in [3.8, 4) is 0 Å². The molecule has 0 saturated carbocycles. The van der Waals surface area contributed by atoms with Gasteiger partial charge >= 0.3 is 0 Å². The van der Waals surface area contributed by atoms with E-state index in [4.69, 9.17) is 5.73 Å². The van der Waals surface area contributed by atoms with Gasteiger partial charge in [-0.1, -0.05) is 20.3 Å². The molecule has 0 aromatic heterocycles. The van der Waals surface area contributed by atoms with E-state index in [2.05, 4.69) is 25.8 Å². The van der Waals surface area contributed by atoms with Crippen molar-refractivity contribution in [2.45, 2.75) is 45.6 Å². The van der Waals surface area contributed by atoms with Crippen LogP contribution in [0, 0.1) is 5.41 Å². The maximum Gasteiger partial charge on any atom is 0.00977 e. The highest BCUT2D eigenvalue weighted by Gasteiger charge is 2.26. The highest BCUT2D eigenvalue weighted by atomic mass is 15.1. The maximum atomic E-state index is 5.75. The number of nitrogens with two attached hydrogens (primary N) is 1. The summed E-state index contributed by atoms with van der Waals surface area (Å²) in [6, 6.07) is 0.771. The van der Waals surface area contributed by atoms with Gasteiger partial charge in [0.1, 0.15) is 0 Å². The van der Waals surface area contributed by atoms with Crippen LogP contribution in [-0.2, 0) is 0 Å². The lowest BCUT2D eigenvalue weighted by atomic mass is 9.83. The van der Waals surface area contributed by atoms with Crippen LogP contribution in [0.3, 0.4) is 0 Å². The fourth-order valence-corrected chi connectivity index (χ4v) is 2.12. The minimum absolute atomic E-state index is 0.316. The van der Waals surface area contributed by atoms with Gasteiger partial charge in [-0.2, -0.15) is 0 Å². The molecule has 2 N–H and O–H groups in total. The molecule has 2 nitrogen and oxygen atoms in total. The molecule has 0 amide bonds. The van der Waals surface area contributed by atoms with Crippen molar-refractivity contribution in [3.05, 3.63) is 0 Å². The molecule has 13 heavy (non-hydrogen) atoms. The van der Waals surface area contributed by atoms with Gasteiger partial charge in [0, 0.05) is 6.04 Å². The summed E-state index contributed by atoms with van der Waals surface area (Å²) in [5, 5.41) is 0. The second kappa shape index (κ2) is 4.43. The topological polar surface area (TPSA) is 29.3 Å². The zero-order valence-electron chi connectivity index (χ0n) is 9.34. The Kier molecular flexibility index (Phi) is 3.74. The monoisotopic (exact) mass is 184 g/mol. The molecule has 78 valence electrons. The number of likely N-dealkylation sites (tertiary alicyclic amines) is 1. The first-order valence-electron chi connectivity index (χ1n) is 5.45. The van der Waals surface area contributed by atoms with Crippen LogP contribution in [0.25, 0.3) is 0 Å². The summed E-state index contributed by atoms with van der Waals surface area (Å²) < 4.78 is 0. The number of rotatable bonds is 3. The third-order valence-corrected chi connectivity index (χ3v) is 3.26. The summed E-state index contributed by atoms with van der Waals surface area (Å²) in [7, 11) is 2.25. The van der Waals surface area contributed by atoms with Crippen LogP contribution in [0.4, 0.5) is 0 Å². The van der Waals surface area contributed by atoms with Crippen molar-refractivity contribution in [3.63, 3.8) is 0 Å². The molecule has 0 bridgehead atoms. The summed E-state index contributed by atoms with van der Waals surface area (Å²) in [5.41, 5.74) is 6.07. The predicted molar refractivity (Wildman–Crippen MR) is 57.7 cm³/mol. The predicted octanol–water partition coefficient (Wildman–Crippen LogP) is 1.85. The molecule has 2 heteroatoms. The molecule has 1 aliphatic rings. The molecule has 1 aliphatic heterocycles. The summed E-state index contributed by atoms with van der Waals surface area (Å²) >= 11 is 0. The normalized spacial score (nSPS) is 26.3. The number of nitrogens with zero attached hydrogens (tertiary/aromatic N) is 1. The van der Waals surface area contributed by atoms with Crippen molar-refractivity contribution in [2.75, 3.05) is 20.1 Å². The highest BCUT2D eigenvalue weighted by molar-refractivity contribution is 4.81. The minimum atomic E-state index is 0.316. The van der Waals surface area contributed by atoms with E-state index >= 15 is 0 Å². The lowest BCUT2D eigenvalue weighted by molar-refractivity contribution is 0.134. The molecule has 1 rings (SSSR count).